The number of halogens is 1. The van der Waals surface area contributed by atoms with Crippen LogP contribution in [0.4, 0.5) is 0 Å². The highest BCUT2D eigenvalue weighted by atomic mass is 35.5. The van der Waals surface area contributed by atoms with Gasteiger partial charge in [0, 0.05) is 30.8 Å². The summed E-state index contributed by atoms with van der Waals surface area (Å²) < 4.78 is 5.33. The van der Waals surface area contributed by atoms with Crippen LogP contribution >= 0.6 is 11.6 Å². The summed E-state index contributed by atoms with van der Waals surface area (Å²) in [7, 11) is 1.79. The number of ether oxygens (including phenoxy) is 1. The van der Waals surface area contributed by atoms with Gasteiger partial charge < -0.3 is 4.74 Å². The molecule has 1 fully saturated rings. The van der Waals surface area contributed by atoms with Crippen LogP contribution in [0.15, 0.2) is 12.1 Å². The largest absolute Gasteiger partial charge is 0.384 e. The second-order valence-corrected chi connectivity index (χ2v) is 7.14. The average molecular weight is 319 g/mol. The fourth-order valence-corrected chi connectivity index (χ4v) is 4.50. The molecular weight excluding hydrogens is 296 g/mol. The van der Waals surface area contributed by atoms with Crippen molar-refractivity contribution in [2.24, 2.45) is 5.92 Å². The standard InChI is InChI=1S/C18H23ClN2O/c1-12-5-13(11-22-2)10-21(12)17-3-4-18-14(8-17)6-16(19)7-15(18)9-20/h6-7,12-13,17H,3-5,8,10-11H2,1-2H3. The molecule has 3 nitrogen and oxygen atoms in total. The van der Waals surface area contributed by atoms with Crippen molar-refractivity contribution in [1.29, 1.82) is 5.26 Å². The minimum Gasteiger partial charge on any atom is -0.384 e. The Hall–Kier alpha value is -1.08. The topological polar surface area (TPSA) is 36.3 Å². The molecule has 1 aromatic rings. The van der Waals surface area contributed by atoms with Gasteiger partial charge in [-0.15, -0.1) is 0 Å². The number of rotatable bonds is 3. The van der Waals surface area contributed by atoms with E-state index in [1.54, 1.807) is 13.2 Å². The maximum absolute atomic E-state index is 9.30. The molecule has 22 heavy (non-hydrogen) atoms. The zero-order valence-corrected chi connectivity index (χ0v) is 14.1. The van der Waals surface area contributed by atoms with Crippen LogP contribution in [0, 0.1) is 17.2 Å². The van der Waals surface area contributed by atoms with E-state index in [1.165, 1.54) is 17.5 Å². The Bertz CT molecular complexity index is 595. The number of likely N-dealkylation sites (tertiary alicyclic amines) is 1. The van der Waals surface area contributed by atoms with Gasteiger partial charge in [-0.25, -0.2) is 0 Å². The lowest BCUT2D eigenvalue weighted by molar-refractivity contribution is 0.138. The van der Waals surface area contributed by atoms with Gasteiger partial charge in [-0.1, -0.05) is 11.6 Å². The Balaban J connectivity index is 1.77. The SMILES string of the molecule is COCC1CC(C)N(C2CCc3c(C#N)cc(Cl)cc3C2)C1. The van der Waals surface area contributed by atoms with Gasteiger partial charge in [0.1, 0.15) is 0 Å². The number of benzene rings is 1. The van der Waals surface area contributed by atoms with Crippen LogP contribution in [0.3, 0.4) is 0 Å². The Morgan fingerprint density at radius 2 is 2.27 bits per heavy atom. The predicted octanol–water partition coefficient (Wildman–Crippen LogP) is 3.43. The molecule has 1 aliphatic carbocycles. The molecule has 0 amide bonds. The number of methoxy groups -OCH3 is 1. The van der Waals surface area contributed by atoms with Crippen molar-refractivity contribution in [3.8, 4) is 6.07 Å². The molecule has 0 aromatic heterocycles. The van der Waals surface area contributed by atoms with Crippen LogP contribution in [-0.2, 0) is 17.6 Å². The van der Waals surface area contributed by atoms with Crippen LogP contribution in [0.1, 0.15) is 36.5 Å². The van der Waals surface area contributed by atoms with Crippen LogP contribution in [0.5, 0.6) is 0 Å². The fraction of sp³-hybridized carbons (Fsp3) is 0.611. The van der Waals surface area contributed by atoms with Crippen molar-refractivity contribution in [3.63, 3.8) is 0 Å². The smallest absolute Gasteiger partial charge is 0.0995 e. The second-order valence-electron chi connectivity index (χ2n) is 6.70. The molecule has 1 aromatic carbocycles. The van der Waals surface area contributed by atoms with Crippen LogP contribution in [0.25, 0.3) is 0 Å². The normalized spacial score (nSPS) is 28.4. The van der Waals surface area contributed by atoms with Gasteiger partial charge in [0.05, 0.1) is 18.2 Å². The van der Waals surface area contributed by atoms with Gasteiger partial charge in [-0.2, -0.15) is 5.26 Å². The van der Waals surface area contributed by atoms with Crippen LogP contribution in [0.2, 0.25) is 5.02 Å². The van der Waals surface area contributed by atoms with E-state index < -0.39 is 0 Å². The first-order valence-corrected chi connectivity index (χ1v) is 8.46. The molecule has 0 spiro atoms. The van der Waals surface area contributed by atoms with Crippen molar-refractivity contribution < 1.29 is 4.74 Å². The zero-order chi connectivity index (χ0) is 15.7. The Kier molecular flexibility index (Phi) is 4.73. The zero-order valence-electron chi connectivity index (χ0n) is 13.3. The molecule has 1 saturated heterocycles. The number of hydrogen-bond donors (Lipinski definition) is 0. The van der Waals surface area contributed by atoms with Crippen molar-refractivity contribution in [1.82, 2.24) is 4.90 Å². The van der Waals surface area contributed by atoms with Gasteiger partial charge in [0.2, 0.25) is 0 Å². The van der Waals surface area contributed by atoms with Gasteiger partial charge in [-0.3, -0.25) is 4.90 Å². The van der Waals surface area contributed by atoms with E-state index in [1.807, 2.05) is 0 Å². The summed E-state index contributed by atoms with van der Waals surface area (Å²) in [5.41, 5.74) is 3.24. The summed E-state index contributed by atoms with van der Waals surface area (Å²) in [6.45, 7) is 4.30. The van der Waals surface area contributed by atoms with E-state index in [4.69, 9.17) is 16.3 Å². The van der Waals surface area contributed by atoms with Gasteiger partial charge >= 0.3 is 0 Å². The summed E-state index contributed by atoms with van der Waals surface area (Å²) in [5.74, 6) is 0.649. The number of nitrogens with zero attached hydrogens (tertiary/aromatic N) is 2. The van der Waals surface area contributed by atoms with Crippen molar-refractivity contribution >= 4 is 11.6 Å². The summed E-state index contributed by atoms with van der Waals surface area (Å²) in [6.07, 6.45) is 4.34. The van der Waals surface area contributed by atoms with Gasteiger partial charge in [0.15, 0.2) is 0 Å². The van der Waals surface area contributed by atoms with E-state index in [9.17, 15) is 5.26 Å². The lowest BCUT2D eigenvalue weighted by Crippen LogP contribution is -2.41. The number of fused-ring (bicyclic) bond motifs is 1. The molecule has 0 radical (unpaired) electrons. The molecule has 3 unspecified atom stereocenters. The lowest BCUT2D eigenvalue weighted by atomic mass is 9.85. The molecular formula is C18H23ClN2O. The summed E-state index contributed by atoms with van der Waals surface area (Å²) >= 11 is 6.18. The third-order valence-electron chi connectivity index (χ3n) is 5.19. The van der Waals surface area contributed by atoms with Crippen LogP contribution in [-0.4, -0.2) is 37.2 Å². The third-order valence-corrected chi connectivity index (χ3v) is 5.41. The van der Waals surface area contributed by atoms with E-state index >= 15 is 0 Å². The highest BCUT2D eigenvalue weighted by molar-refractivity contribution is 6.30. The minimum atomic E-state index is 0.564. The Morgan fingerprint density at radius 1 is 1.45 bits per heavy atom. The highest BCUT2D eigenvalue weighted by Crippen LogP contribution is 2.34. The Labute approximate surface area is 137 Å². The molecule has 4 heteroatoms. The number of nitriles is 1. The number of hydrogen-bond acceptors (Lipinski definition) is 3. The summed E-state index contributed by atoms with van der Waals surface area (Å²) in [6, 6.07) is 7.33. The molecule has 118 valence electrons. The first kappa shape index (κ1) is 15.8. The van der Waals surface area contributed by atoms with Crippen molar-refractivity contribution in [3.05, 3.63) is 33.8 Å². The first-order chi connectivity index (χ1) is 10.6. The minimum absolute atomic E-state index is 0.564. The van der Waals surface area contributed by atoms with Gasteiger partial charge in [0.25, 0.3) is 0 Å². The van der Waals surface area contributed by atoms with Crippen LogP contribution < -0.4 is 0 Å². The lowest BCUT2D eigenvalue weighted by Gasteiger charge is -2.35. The second kappa shape index (κ2) is 6.58. The van der Waals surface area contributed by atoms with Crippen molar-refractivity contribution in [2.45, 2.75) is 44.7 Å². The van der Waals surface area contributed by atoms with Gasteiger partial charge in [-0.05, 0) is 61.8 Å². The van der Waals surface area contributed by atoms with Crippen molar-refractivity contribution in [2.75, 3.05) is 20.3 Å². The quantitative estimate of drug-likeness (QED) is 0.856. The predicted molar refractivity (Wildman–Crippen MR) is 88.1 cm³/mol. The molecule has 0 saturated carbocycles. The van der Waals surface area contributed by atoms with E-state index in [0.717, 1.165) is 38.0 Å². The average Bonchev–Trinajstić information content (AvgIpc) is 2.86. The fourth-order valence-electron chi connectivity index (χ4n) is 4.26. The van der Waals surface area contributed by atoms with E-state index in [0.29, 0.717) is 23.0 Å². The molecule has 0 bridgehead atoms. The van der Waals surface area contributed by atoms with E-state index in [-0.39, 0.29) is 0 Å². The highest BCUT2D eigenvalue weighted by Gasteiger charge is 2.35. The summed E-state index contributed by atoms with van der Waals surface area (Å²) in [5, 5.41) is 9.98. The Morgan fingerprint density at radius 3 is 3.00 bits per heavy atom. The molecule has 3 atom stereocenters. The molecule has 3 rings (SSSR count). The summed E-state index contributed by atoms with van der Waals surface area (Å²) in [4.78, 5) is 2.64. The maximum atomic E-state index is 9.30. The third kappa shape index (κ3) is 3.01. The maximum Gasteiger partial charge on any atom is 0.0995 e. The molecule has 1 aliphatic heterocycles. The first-order valence-electron chi connectivity index (χ1n) is 8.08. The molecule has 1 heterocycles. The van der Waals surface area contributed by atoms with E-state index in [2.05, 4.69) is 24.0 Å². The molecule has 0 N–H and O–H groups in total. The monoisotopic (exact) mass is 318 g/mol. The molecule has 2 aliphatic rings.